The van der Waals surface area contributed by atoms with Gasteiger partial charge >= 0.3 is 0 Å². The van der Waals surface area contributed by atoms with Gasteiger partial charge in [0.1, 0.15) is 6.29 Å². The number of aromatic nitrogens is 1. The molecule has 26 heavy (non-hydrogen) atoms. The molecule has 4 nitrogen and oxygen atoms in total. The Labute approximate surface area is 151 Å². The summed E-state index contributed by atoms with van der Waals surface area (Å²) in [6.07, 6.45) is 0.764. The average Bonchev–Trinajstić information content (AvgIpc) is 3.09. The molecule has 0 bridgehead atoms. The molecule has 4 aromatic rings. The van der Waals surface area contributed by atoms with Gasteiger partial charge in [-0.05, 0) is 29.8 Å². The molecular formula is C21H15NO3S. The first-order valence-corrected chi connectivity index (χ1v) is 9.52. The highest BCUT2D eigenvalue weighted by molar-refractivity contribution is 7.90. The second-order valence-corrected chi connectivity index (χ2v) is 7.70. The molecule has 0 aliphatic heterocycles. The largest absolute Gasteiger partial charge is 0.298 e. The van der Waals surface area contributed by atoms with Crippen LogP contribution in [0.2, 0.25) is 0 Å². The van der Waals surface area contributed by atoms with Crippen LogP contribution in [-0.2, 0) is 10.0 Å². The van der Waals surface area contributed by atoms with Crippen LogP contribution in [0.1, 0.15) is 10.4 Å². The Morgan fingerprint density at radius 3 is 2.12 bits per heavy atom. The molecule has 0 saturated heterocycles. The molecule has 4 rings (SSSR count). The van der Waals surface area contributed by atoms with Crippen LogP contribution in [0.5, 0.6) is 0 Å². The lowest BCUT2D eigenvalue weighted by molar-refractivity contribution is 0.112. The number of hydrogen-bond acceptors (Lipinski definition) is 3. The first kappa shape index (κ1) is 16.3. The quantitative estimate of drug-likeness (QED) is 0.508. The zero-order valence-electron chi connectivity index (χ0n) is 13.7. The molecule has 1 heterocycles. The fourth-order valence-corrected chi connectivity index (χ4v) is 4.57. The number of nitrogens with zero attached hydrogens (tertiary/aromatic N) is 1. The maximum atomic E-state index is 13.3. The van der Waals surface area contributed by atoms with E-state index in [1.807, 2.05) is 24.3 Å². The molecule has 0 radical (unpaired) electrons. The molecule has 0 aliphatic carbocycles. The molecule has 5 heteroatoms. The summed E-state index contributed by atoms with van der Waals surface area (Å²) >= 11 is 0. The molecular weight excluding hydrogens is 346 g/mol. The topological polar surface area (TPSA) is 56.1 Å². The van der Waals surface area contributed by atoms with E-state index >= 15 is 0 Å². The Morgan fingerprint density at radius 1 is 0.769 bits per heavy atom. The van der Waals surface area contributed by atoms with Crippen molar-refractivity contribution >= 4 is 27.2 Å². The van der Waals surface area contributed by atoms with Crippen molar-refractivity contribution in [2.45, 2.75) is 4.90 Å². The van der Waals surface area contributed by atoms with E-state index in [-0.39, 0.29) is 4.90 Å². The van der Waals surface area contributed by atoms with E-state index in [1.165, 1.54) is 3.97 Å². The number of rotatable bonds is 4. The summed E-state index contributed by atoms with van der Waals surface area (Å²) in [6.45, 7) is 0. The average molecular weight is 361 g/mol. The van der Waals surface area contributed by atoms with Gasteiger partial charge < -0.3 is 0 Å². The van der Waals surface area contributed by atoms with E-state index in [2.05, 4.69) is 0 Å². The second kappa shape index (κ2) is 6.28. The van der Waals surface area contributed by atoms with Crippen molar-refractivity contribution in [3.05, 3.63) is 90.5 Å². The van der Waals surface area contributed by atoms with Gasteiger partial charge in [0, 0.05) is 10.9 Å². The standard InChI is InChI=1S/C21H15NO3S/c23-15-16-10-12-17(13-11-16)21-14-18-6-4-5-9-20(18)22(21)26(24,25)19-7-2-1-3-8-19/h1-15H. The maximum absolute atomic E-state index is 13.3. The Balaban J connectivity index is 2.02. The number of hydrogen-bond donors (Lipinski definition) is 0. The fraction of sp³-hybridized carbons (Fsp3) is 0. The molecule has 0 spiro atoms. The van der Waals surface area contributed by atoms with Crippen LogP contribution >= 0.6 is 0 Å². The minimum Gasteiger partial charge on any atom is -0.298 e. The summed E-state index contributed by atoms with van der Waals surface area (Å²) in [5.74, 6) is 0. The highest BCUT2D eigenvalue weighted by Gasteiger charge is 2.23. The Kier molecular flexibility index (Phi) is 3.93. The lowest BCUT2D eigenvalue weighted by Gasteiger charge is -2.12. The van der Waals surface area contributed by atoms with Crippen molar-refractivity contribution < 1.29 is 13.2 Å². The summed E-state index contributed by atoms with van der Waals surface area (Å²) in [5.41, 5.74) is 2.45. The van der Waals surface area contributed by atoms with Gasteiger partial charge in [0.2, 0.25) is 0 Å². The number of fused-ring (bicyclic) bond motifs is 1. The molecule has 0 saturated carbocycles. The minimum absolute atomic E-state index is 0.229. The third-order valence-electron chi connectivity index (χ3n) is 4.29. The van der Waals surface area contributed by atoms with Crippen molar-refractivity contribution in [1.82, 2.24) is 3.97 Å². The SMILES string of the molecule is O=Cc1ccc(-c2cc3ccccc3n2S(=O)(=O)c2ccccc2)cc1. The van der Waals surface area contributed by atoms with Crippen LogP contribution < -0.4 is 0 Å². The first-order chi connectivity index (χ1) is 12.6. The highest BCUT2D eigenvalue weighted by atomic mass is 32.2. The number of benzene rings is 3. The molecule has 128 valence electrons. The Hall–Kier alpha value is -3.18. The van der Waals surface area contributed by atoms with Gasteiger partial charge in [-0.2, -0.15) is 0 Å². The zero-order valence-corrected chi connectivity index (χ0v) is 14.6. The summed E-state index contributed by atoms with van der Waals surface area (Å²) < 4.78 is 28.0. The van der Waals surface area contributed by atoms with Crippen LogP contribution in [0.3, 0.4) is 0 Å². The van der Waals surface area contributed by atoms with Gasteiger partial charge in [0.05, 0.1) is 16.1 Å². The molecule has 0 unspecified atom stereocenters. The van der Waals surface area contributed by atoms with Gasteiger partial charge in [-0.1, -0.05) is 60.7 Å². The lowest BCUT2D eigenvalue weighted by atomic mass is 10.1. The van der Waals surface area contributed by atoms with Gasteiger partial charge in [0.25, 0.3) is 10.0 Å². The second-order valence-electron chi connectivity index (χ2n) is 5.91. The van der Waals surface area contributed by atoms with Gasteiger partial charge in [-0.3, -0.25) is 4.79 Å². The predicted octanol–water partition coefficient (Wildman–Crippen LogP) is 4.36. The van der Waals surface area contributed by atoms with E-state index in [1.54, 1.807) is 60.7 Å². The van der Waals surface area contributed by atoms with Crippen molar-refractivity contribution in [3.8, 4) is 11.3 Å². The normalized spacial score (nSPS) is 11.5. The molecule has 3 aromatic carbocycles. The predicted molar refractivity (Wildman–Crippen MR) is 102 cm³/mol. The van der Waals surface area contributed by atoms with Crippen LogP contribution in [-0.4, -0.2) is 18.7 Å². The summed E-state index contributed by atoms with van der Waals surface area (Å²) in [7, 11) is -3.77. The van der Waals surface area contributed by atoms with Crippen LogP contribution in [0.4, 0.5) is 0 Å². The molecule has 0 fully saturated rings. The van der Waals surface area contributed by atoms with E-state index in [9.17, 15) is 13.2 Å². The fourth-order valence-electron chi connectivity index (χ4n) is 3.02. The van der Waals surface area contributed by atoms with Crippen molar-refractivity contribution in [2.24, 2.45) is 0 Å². The number of para-hydroxylation sites is 1. The van der Waals surface area contributed by atoms with E-state index in [0.717, 1.165) is 17.2 Å². The van der Waals surface area contributed by atoms with E-state index < -0.39 is 10.0 Å². The van der Waals surface area contributed by atoms with Gasteiger partial charge in [-0.25, -0.2) is 12.4 Å². The number of aldehydes is 1. The Bertz CT molecular complexity index is 1190. The zero-order chi connectivity index (χ0) is 18.1. The monoisotopic (exact) mass is 361 g/mol. The first-order valence-electron chi connectivity index (χ1n) is 8.08. The van der Waals surface area contributed by atoms with Crippen LogP contribution in [0.25, 0.3) is 22.2 Å². The highest BCUT2D eigenvalue weighted by Crippen LogP contribution is 2.32. The van der Waals surface area contributed by atoms with E-state index in [4.69, 9.17) is 0 Å². The van der Waals surface area contributed by atoms with Crippen molar-refractivity contribution in [3.63, 3.8) is 0 Å². The van der Waals surface area contributed by atoms with Gasteiger partial charge in [0.15, 0.2) is 0 Å². The third-order valence-corrected chi connectivity index (χ3v) is 6.03. The lowest BCUT2D eigenvalue weighted by Crippen LogP contribution is -2.14. The summed E-state index contributed by atoms with van der Waals surface area (Å²) in [5, 5.41) is 0.835. The molecule has 0 N–H and O–H groups in total. The Morgan fingerprint density at radius 2 is 1.42 bits per heavy atom. The number of carbonyl (C=O) groups is 1. The summed E-state index contributed by atoms with van der Waals surface area (Å²) in [4.78, 5) is 11.1. The van der Waals surface area contributed by atoms with Crippen molar-refractivity contribution in [2.75, 3.05) is 0 Å². The van der Waals surface area contributed by atoms with Crippen molar-refractivity contribution in [1.29, 1.82) is 0 Å². The van der Waals surface area contributed by atoms with Crippen LogP contribution in [0, 0.1) is 0 Å². The van der Waals surface area contributed by atoms with Crippen LogP contribution in [0.15, 0.2) is 89.8 Å². The smallest absolute Gasteiger partial charge is 0.268 e. The summed E-state index contributed by atoms with van der Waals surface area (Å²) in [6, 6.07) is 24.5. The minimum atomic E-state index is -3.77. The number of carbonyl (C=O) groups excluding carboxylic acids is 1. The third kappa shape index (κ3) is 2.62. The van der Waals surface area contributed by atoms with Gasteiger partial charge in [-0.15, -0.1) is 0 Å². The molecule has 0 aliphatic rings. The van der Waals surface area contributed by atoms with E-state index in [0.29, 0.717) is 16.8 Å². The molecule has 0 amide bonds. The molecule has 0 atom stereocenters. The maximum Gasteiger partial charge on any atom is 0.268 e. The molecule has 1 aromatic heterocycles.